The first kappa shape index (κ1) is 33.0. The number of carbonyl (C=O) groups excluding carboxylic acids is 3. The summed E-state index contributed by atoms with van der Waals surface area (Å²) in [5.41, 5.74) is -2.93. The van der Waals surface area contributed by atoms with Gasteiger partial charge in [0.15, 0.2) is 0 Å². The Morgan fingerprint density at radius 1 is 1.15 bits per heavy atom. The standard InChI is InChI=1S/C31H46ClN3O6/c1-21(2)25(19-37)34(33-16-14-31(41,29(6,7)20-33)23-8-10-24(32)11-9-23)26(38)22-12-13-30(18-22,15-17-36)35(27(39)40)28(3,4)5/h8-11,17,19,21-22,25,41H,12-16,18,20H2,1-7H3,(H,39,40)/t22-,25+,30?,31+/m1/s1. The molecule has 0 bridgehead atoms. The predicted octanol–water partition coefficient (Wildman–Crippen LogP) is 5.13. The van der Waals surface area contributed by atoms with E-state index in [0.29, 0.717) is 37.4 Å². The van der Waals surface area contributed by atoms with Gasteiger partial charge in [-0.25, -0.2) is 9.80 Å². The number of hydrogen-bond acceptors (Lipinski definition) is 6. The van der Waals surface area contributed by atoms with Crippen molar-refractivity contribution >= 4 is 36.2 Å². The number of amides is 2. The Balaban J connectivity index is 1.97. The molecule has 41 heavy (non-hydrogen) atoms. The zero-order valence-corrected chi connectivity index (χ0v) is 26.1. The van der Waals surface area contributed by atoms with Crippen molar-refractivity contribution in [2.75, 3.05) is 13.1 Å². The van der Waals surface area contributed by atoms with Crippen LogP contribution in [0.15, 0.2) is 24.3 Å². The highest BCUT2D eigenvalue weighted by atomic mass is 35.5. The Hall–Kier alpha value is -2.49. The number of benzene rings is 1. The average Bonchev–Trinajstić information content (AvgIpc) is 3.27. The highest BCUT2D eigenvalue weighted by molar-refractivity contribution is 6.30. The summed E-state index contributed by atoms with van der Waals surface area (Å²) in [5.74, 6) is -1.00. The number of carbonyl (C=O) groups is 4. The lowest BCUT2D eigenvalue weighted by Gasteiger charge is -2.54. The molecule has 1 aliphatic heterocycles. The van der Waals surface area contributed by atoms with Gasteiger partial charge in [0.05, 0.1) is 11.1 Å². The molecule has 2 amide bonds. The lowest BCUT2D eigenvalue weighted by molar-refractivity contribution is -0.198. The summed E-state index contributed by atoms with van der Waals surface area (Å²) in [6.07, 6.45) is 1.68. The van der Waals surface area contributed by atoms with Crippen LogP contribution in [0.1, 0.15) is 86.1 Å². The minimum Gasteiger partial charge on any atom is -0.465 e. The molecule has 1 saturated heterocycles. The largest absolute Gasteiger partial charge is 0.465 e. The quantitative estimate of drug-likeness (QED) is 0.382. The molecule has 1 unspecified atom stereocenters. The monoisotopic (exact) mass is 591 g/mol. The third-order valence-corrected chi connectivity index (χ3v) is 9.37. The summed E-state index contributed by atoms with van der Waals surface area (Å²) < 4.78 is 0. The van der Waals surface area contributed by atoms with Crippen LogP contribution in [-0.4, -0.2) is 79.9 Å². The van der Waals surface area contributed by atoms with Gasteiger partial charge in [-0.15, -0.1) is 0 Å². The average molecular weight is 592 g/mol. The van der Waals surface area contributed by atoms with Crippen molar-refractivity contribution in [1.29, 1.82) is 0 Å². The first-order valence-electron chi connectivity index (χ1n) is 14.4. The highest BCUT2D eigenvalue weighted by Crippen LogP contribution is 2.48. The van der Waals surface area contributed by atoms with Crippen LogP contribution in [0.25, 0.3) is 0 Å². The van der Waals surface area contributed by atoms with Crippen molar-refractivity contribution in [2.45, 2.75) is 103 Å². The second-order valence-corrected chi connectivity index (χ2v) is 14.2. The molecule has 9 nitrogen and oxygen atoms in total. The molecule has 0 spiro atoms. The summed E-state index contributed by atoms with van der Waals surface area (Å²) in [6, 6.07) is 6.40. The Bertz CT molecular complexity index is 1130. The van der Waals surface area contributed by atoms with Crippen LogP contribution >= 0.6 is 11.6 Å². The Morgan fingerprint density at radius 3 is 2.22 bits per heavy atom. The van der Waals surface area contributed by atoms with Crippen molar-refractivity contribution < 1.29 is 29.4 Å². The smallest absolute Gasteiger partial charge is 0.408 e. The predicted molar refractivity (Wildman–Crippen MR) is 157 cm³/mol. The van der Waals surface area contributed by atoms with Gasteiger partial charge in [-0.3, -0.25) is 14.7 Å². The molecule has 1 saturated carbocycles. The second kappa shape index (κ2) is 12.0. The molecule has 2 N–H and O–H groups in total. The second-order valence-electron chi connectivity index (χ2n) is 13.8. The molecule has 1 aromatic rings. The lowest BCUT2D eigenvalue weighted by Crippen LogP contribution is -2.64. The summed E-state index contributed by atoms with van der Waals surface area (Å²) >= 11 is 6.09. The lowest BCUT2D eigenvalue weighted by atomic mass is 9.67. The zero-order chi connectivity index (χ0) is 31.0. The zero-order valence-electron chi connectivity index (χ0n) is 25.4. The van der Waals surface area contributed by atoms with E-state index in [-0.39, 0.29) is 24.7 Å². The van der Waals surface area contributed by atoms with Gasteiger partial charge in [0.1, 0.15) is 18.6 Å². The van der Waals surface area contributed by atoms with E-state index >= 15 is 0 Å². The third kappa shape index (κ3) is 6.32. The van der Waals surface area contributed by atoms with E-state index in [4.69, 9.17) is 11.6 Å². The van der Waals surface area contributed by atoms with Crippen molar-refractivity contribution in [3.63, 3.8) is 0 Å². The SMILES string of the molecule is CC(C)[C@H](C=O)N(C(=O)[C@@H]1CCC(CC=O)(N(C(=O)O)C(C)(C)C)C1)N1CC[C@](O)(c2ccc(Cl)cc2)C(C)(C)C1. The van der Waals surface area contributed by atoms with Crippen molar-refractivity contribution in [2.24, 2.45) is 17.3 Å². The topological polar surface area (TPSA) is 118 Å². The molecule has 4 atom stereocenters. The number of halogens is 1. The van der Waals surface area contributed by atoms with Gasteiger partial charge in [-0.1, -0.05) is 51.4 Å². The van der Waals surface area contributed by atoms with E-state index in [9.17, 15) is 29.4 Å². The molecular weight excluding hydrogens is 546 g/mol. The highest BCUT2D eigenvalue weighted by Gasteiger charge is 2.54. The molecule has 2 aliphatic rings. The van der Waals surface area contributed by atoms with Crippen LogP contribution in [-0.2, 0) is 20.0 Å². The van der Waals surface area contributed by atoms with Gasteiger partial charge < -0.3 is 19.8 Å². The van der Waals surface area contributed by atoms with Crippen molar-refractivity contribution in [3.8, 4) is 0 Å². The molecule has 10 heteroatoms. The van der Waals surface area contributed by atoms with E-state index in [1.165, 1.54) is 4.90 Å². The summed E-state index contributed by atoms with van der Waals surface area (Å²) in [6.45, 7) is 13.7. The van der Waals surface area contributed by atoms with Gasteiger partial charge in [0.25, 0.3) is 0 Å². The molecular formula is C31H46ClN3O6. The molecule has 1 aromatic carbocycles. The number of aliphatic hydroxyl groups is 1. The Kier molecular flexibility index (Phi) is 9.68. The summed E-state index contributed by atoms with van der Waals surface area (Å²) in [5, 5.41) is 26.1. The van der Waals surface area contributed by atoms with Crippen molar-refractivity contribution in [3.05, 3.63) is 34.9 Å². The first-order valence-corrected chi connectivity index (χ1v) is 14.8. The number of piperidine rings is 1. The van der Waals surface area contributed by atoms with E-state index in [2.05, 4.69) is 0 Å². The van der Waals surface area contributed by atoms with Crippen LogP contribution in [0.4, 0.5) is 4.79 Å². The third-order valence-electron chi connectivity index (χ3n) is 9.12. The van der Waals surface area contributed by atoms with Crippen LogP contribution in [0, 0.1) is 17.3 Å². The van der Waals surface area contributed by atoms with Crippen LogP contribution in [0.5, 0.6) is 0 Å². The normalized spacial score (nSPS) is 27.3. The van der Waals surface area contributed by atoms with E-state index < -0.39 is 40.1 Å². The molecule has 0 radical (unpaired) electrons. The van der Waals surface area contributed by atoms with Gasteiger partial charge in [0.2, 0.25) is 5.91 Å². The van der Waals surface area contributed by atoms with E-state index in [0.717, 1.165) is 18.1 Å². The molecule has 0 aromatic heterocycles. The summed E-state index contributed by atoms with van der Waals surface area (Å²) in [4.78, 5) is 52.3. The fourth-order valence-electron chi connectivity index (χ4n) is 7.05. The maximum Gasteiger partial charge on any atom is 0.408 e. The number of aldehydes is 2. The van der Waals surface area contributed by atoms with Gasteiger partial charge in [-0.2, -0.15) is 0 Å². The fourth-order valence-corrected chi connectivity index (χ4v) is 7.18. The minimum atomic E-state index is -1.18. The maximum atomic E-state index is 14.4. The number of hydrazine groups is 1. The summed E-state index contributed by atoms with van der Waals surface area (Å²) in [7, 11) is 0. The first-order chi connectivity index (χ1) is 18.9. The van der Waals surface area contributed by atoms with Crippen LogP contribution < -0.4 is 0 Å². The van der Waals surface area contributed by atoms with E-state index in [1.807, 2.05) is 44.8 Å². The van der Waals surface area contributed by atoms with E-state index in [1.54, 1.807) is 37.9 Å². The van der Waals surface area contributed by atoms with Crippen LogP contribution in [0.2, 0.25) is 5.02 Å². The van der Waals surface area contributed by atoms with Gasteiger partial charge >= 0.3 is 6.09 Å². The molecule has 1 aliphatic carbocycles. The molecule has 3 rings (SSSR count). The Morgan fingerprint density at radius 2 is 1.76 bits per heavy atom. The van der Waals surface area contributed by atoms with Gasteiger partial charge in [0, 0.05) is 41.4 Å². The maximum absolute atomic E-state index is 14.4. The fraction of sp³-hybridized carbons (Fsp3) is 0.677. The number of hydrogen-bond donors (Lipinski definition) is 2. The molecule has 228 valence electrons. The van der Waals surface area contributed by atoms with Gasteiger partial charge in [-0.05, 0) is 70.1 Å². The number of nitrogens with zero attached hydrogens (tertiary/aromatic N) is 3. The number of rotatable bonds is 9. The van der Waals surface area contributed by atoms with Crippen molar-refractivity contribution in [1.82, 2.24) is 14.9 Å². The molecule has 2 fully saturated rings. The van der Waals surface area contributed by atoms with Crippen LogP contribution in [0.3, 0.4) is 0 Å². The molecule has 1 heterocycles. The Labute approximate surface area is 248 Å². The number of carboxylic acid groups (broad SMARTS) is 1. The minimum absolute atomic E-state index is 0.00743.